The number of hydrazone groups is 1. The summed E-state index contributed by atoms with van der Waals surface area (Å²) in [4.78, 5) is 24.6. The van der Waals surface area contributed by atoms with Crippen LogP contribution < -0.4 is 10.7 Å². The largest absolute Gasteiger partial charge is 0.322 e. The van der Waals surface area contributed by atoms with Crippen LogP contribution in [0.1, 0.15) is 54.9 Å². The Balaban J connectivity index is 1.60. The van der Waals surface area contributed by atoms with Crippen LogP contribution in [0.4, 0.5) is 5.69 Å². The fourth-order valence-corrected chi connectivity index (χ4v) is 3.82. The molecule has 1 saturated carbocycles. The van der Waals surface area contributed by atoms with Crippen molar-refractivity contribution >= 4 is 46.4 Å². The number of halogens is 2. The van der Waals surface area contributed by atoms with Crippen LogP contribution in [0.5, 0.6) is 0 Å². The number of hydrogen-bond acceptors (Lipinski definition) is 3. The molecule has 2 N–H and O–H groups in total. The minimum atomic E-state index is -0.315. The number of benzene rings is 2. The molecule has 5 nitrogen and oxygen atoms in total. The van der Waals surface area contributed by atoms with E-state index in [2.05, 4.69) is 15.8 Å². The Kier molecular flexibility index (Phi) is 7.29. The zero-order valence-electron chi connectivity index (χ0n) is 16.2. The van der Waals surface area contributed by atoms with Gasteiger partial charge in [0.1, 0.15) is 0 Å². The summed E-state index contributed by atoms with van der Waals surface area (Å²) in [7, 11) is 0. The first-order valence-electron chi connectivity index (χ1n) is 9.65. The molecule has 29 heavy (non-hydrogen) atoms. The highest BCUT2D eigenvalue weighted by atomic mass is 35.5. The second kappa shape index (κ2) is 9.90. The maximum absolute atomic E-state index is 12.4. The minimum Gasteiger partial charge on any atom is -0.322 e. The van der Waals surface area contributed by atoms with Gasteiger partial charge in [0.05, 0.1) is 16.3 Å². The molecule has 3 rings (SSSR count). The van der Waals surface area contributed by atoms with Crippen LogP contribution in [0.25, 0.3) is 0 Å². The predicted octanol–water partition coefficient (Wildman–Crippen LogP) is 5.67. The van der Waals surface area contributed by atoms with Crippen molar-refractivity contribution < 1.29 is 9.59 Å². The molecule has 0 saturated heterocycles. The second-order valence-electron chi connectivity index (χ2n) is 7.16. The average Bonchev–Trinajstić information content (AvgIpc) is 2.72. The first kappa shape index (κ1) is 21.3. The van der Waals surface area contributed by atoms with Crippen LogP contribution in [0.15, 0.2) is 47.6 Å². The quantitative estimate of drug-likeness (QED) is 0.472. The molecule has 1 aliphatic carbocycles. The van der Waals surface area contributed by atoms with Crippen LogP contribution in [-0.4, -0.2) is 17.5 Å². The van der Waals surface area contributed by atoms with Gasteiger partial charge in [-0.15, -0.1) is 0 Å². The Bertz CT molecular complexity index is 920. The number of carbonyl (C=O) groups is 2. The van der Waals surface area contributed by atoms with Gasteiger partial charge in [-0.05, 0) is 55.7 Å². The van der Waals surface area contributed by atoms with Crippen LogP contribution >= 0.6 is 23.2 Å². The summed E-state index contributed by atoms with van der Waals surface area (Å²) in [5.41, 5.74) is 5.22. The molecule has 0 aliphatic heterocycles. The molecule has 152 valence electrons. The highest BCUT2D eigenvalue weighted by molar-refractivity contribution is 6.37. The third-order valence-corrected chi connectivity index (χ3v) is 5.59. The van der Waals surface area contributed by atoms with Gasteiger partial charge in [-0.3, -0.25) is 9.59 Å². The Morgan fingerprint density at radius 2 is 1.69 bits per heavy atom. The van der Waals surface area contributed by atoms with E-state index >= 15 is 0 Å². The molecule has 1 fully saturated rings. The van der Waals surface area contributed by atoms with E-state index < -0.39 is 0 Å². The van der Waals surface area contributed by atoms with Crippen LogP contribution in [0.2, 0.25) is 10.0 Å². The van der Waals surface area contributed by atoms with Crippen molar-refractivity contribution in [1.29, 1.82) is 0 Å². The molecule has 0 aromatic heterocycles. The van der Waals surface area contributed by atoms with Crippen molar-refractivity contribution in [1.82, 2.24) is 5.43 Å². The minimum absolute atomic E-state index is 0.00669. The highest BCUT2D eigenvalue weighted by Gasteiger charge is 2.20. The summed E-state index contributed by atoms with van der Waals surface area (Å²) in [6.07, 6.45) is 5.29. The molecule has 0 radical (unpaired) electrons. The first-order valence-corrected chi connectivity index (χ1v) is 10.4. The Morgan fingerprint density at radius 3 is 2.34 bits per heavy atom. The lowest BCUT2D eigenvalue weighted by molar-refractivity contribution is -0.125. The van der Waals surface area contributed by atoms with Gasteiger partial charge in [-0.2, -0.15) is 5.10 Å². The van der Waals surface area contributed by atoms with E-state index in [0.717, 1.165) is 31.2 Å². The number of amides is 2. The molecule has 7 heteroatoms. The lowest BCUT2D eigenvalue weighted by Crippen LogP contribution is -2.29. The fourth-order valence-electron chi connectivity index (χ4n) is 3.33. The number of rotatable bonds is 5. The van der Waals surface area contributed by atoms with Crippen molar-refractivity contribution in [2.75, 3.05) is 5.32 Å². The molecule has 0 spiro atoms. The Morgan fingerprint density at radius 1 is 1.00 bits per heavy atom. The van der Waals surface area contributed by atoms with Crippen molar-refractivity contribution in [3.8, 4) is 0 Å². The SMILES string of the molecule is C/C(=N\NC(=O)C1CCCCC1)c1ccc(NC(=O)c2ccc(Cl)cc2Cl)cc1. The van der Waals surface area contributed by atoms with E-state index in [-0.39, 0.29) is 17.7 Å². The van der Waals surface area contributed by atoms with E-state index in [4.69, 9.17) is 23.2 Å². The number of anilines is 1. The van der Waals surface area contributed by atoms with Gasteiger partial charge in [0, 0.05) is 16.6 Å². The zero-order valence-corrected chi connectivity index (χ0v) is 17.7. The molecule has 1 aliphatic rings. The van der Waals surface area contributed by atoms with Crippen LogP contribution in [-0.2, 0) is 4.79 Å². The molecular formula is C22H23Cl2N3O2. The topological polar surface area (TPSA) is 70.6 Å². The molecular weight excluding hydrogens is 409 g/mol. The second-order valence-corrected chi connectivity index (χ2v) is 8.01. The van der Waals surface area contributed by atoms with Gasteiger partial charge >= 0.3 is 0 Å². The fraction of sp³-hybridized carbons (Fsp3) is 0.318. The Hall–Kier alpha value is -2.37. The maximum Gasteiger partial charge on any atom is 0.257 e. The summed E-state index contributed by atoms with van der Waals surface area (Å²) in [5.74, 6) is -0.255. The molecule has 0 atom stereocenters. The van der Waals surface area contributed by atoms with Crippen molar-refractivity contribution in [3.05, 3.63) is 63.6 Å². The Labute approximate surface area is 180 Å². The summed E-state index contributed by atoms with van der Waals surface area (Å²) >= 11 is 11.9. The molecule has 2 amide bonds. The lowest BCUT2D eigenvalue weighted by Gasteiger charge is -2.19. The third kappa shape index (κ3) is 5.81. The molecule has 2 aromatic rings. The molecule has 2 aromatic carbocycles. The summed E-state index contributed by atoms with van der Waals surface area (Å²) < 4.78 is 0. The number of nitrogens with zero attached hydrogens (tertiary/aromatic N) is 1. The van der Waals surface area contributed by atoms with Crippen molar-refractivity contribution in [3.63, 3.8) is 0 Å². The maximum atomic E-state index is 12.4. The van der Waals surface area contributed by atoms with Crippen molar-refractivity contribution in [2.45, 2.75) is 39.0 Å². The van der Waals surface area contributed by atoms with Gasteiger partial charge in [-0.25, -0.2) is 5.43 Å². The lowest BCUT2D eigenvalue weighted by atomic mass is 9.89. The van der Waals surface area contributed by atoms with Gasteiger partial charge in [0.25, 0.3) is 5.91 Å². The van der Waals surface area contributed by atoms with Crippen LogP contribution in [0.3, 0.4) is 0 Å². The van der Waals surface area contributed by atoms with E-state index in [1.54, 1.807) is 24.3 Å². The summed E-state index contributed by atoms with van der Waals surface area (Å²) in [6.45, 7) is 1.84. The van der Waals surface area contributed by atoms with E-state index in [0.29, 0.717) is 27.0 Å². The smallest absolute Gasteiger partial charge is 0.257 e. The normalized spacial score (nSPS) is 15.1. The van der Waals surface area contributed by atoms with Gasteiger partial charge in [-0.1, -0.05) is 54.6 Å². The highest BCUT2D eigenvalue weighted by Crippen LogP contribution is 2.24. The summed E-state index contributed by atoms with van der Waals surface area (Å²) in [5, 5.41) is 7.80. The molecule has 0 unspecified atom stereocenters. The standard InChI is InChI=1S/C22H23Cl2N3O2/c1-14(26-27-21(28)16-5-3-2-4-6-16)15-7-10-18(11-8-15)25-22(29)19-12-9-17(23)13-20(19)24/h7-13,16H,2-6H2,1H3,(H,25,29)(H,27,28)/b26-14+. The number of carbonyl (C=O) groups excluding carboxylic acids is 2. The van der Waals surface area contributed by atoms with Gasteiger partial charge in [0.15, 0.2) is 0 Å². The monoisotopic (exact) mass is 431 g/mol. The van der Waals surface area contributed by atoms with E-state index in [1.807, 2.05) is 19.1 Å². The number of nitrogens with one attached hydrogen (secondary N) is 2. The predicted molar refractivity (Wildman–Crippen MR) is 118 cm³/mol. The third-order valence-electron chi connectivity index (χ3n) is 5.05. The average molecular weight is 432 g/mol. The number of hydrogen-bond donors (Lipinski definition) is 2. The van der Waals surface area contributed by atoms with Crippen molar-refractivity contribution in [2.24, 2.45) is 11.0 Å². The molecule has 0 bridgehead atoms. The van der Waals surface area contributed by atoms with Crippen LogP contribution in [0, 0.1) is 5.92 Å². The van der Waals surface area contributed by atoms with E-state index in [9.17, 15) is 9.59 Å². The zero-order chi connectivity index (χ0) is 20.8. The molecule has 0 heterocycles. The van der Waals surface area contributed by atoms with Gasteiger partial charge in [0.2, 0.25) is 5.91 Å². The van der Waals surface area contributed by atoms with Gasteiger partial charge < -0.3 is 5.32 Å². The summed E-state index contributed by atoms with van der Waals surface area (Å²) in [6, 6.07) is 12.0. The first-order chi connectivity index (χ1) is 13.9. The van der Waals surface area contributed by atoms with E-state index in [1.165, 1.54) is 12.5 Å².